The summed E-state index contributed by atoms with van der Waals surface area (Å²) in [5, 5.41) is 24.6. The van der Waals surface area contributed by atoms with Gasteiger partial charge in [-0.25, -0.2) is 19.2 Å². The predicted molar refractivity (Wildman–Crippen MR) is 109 cm³/mol. The quantitative estimate of drug-likeness (QED) is 0.382. The van der Waals surface area contributed by atoms with Gasteiger partial charge in [0.25, 0.3) is 0 Å². The fourth-order valence-corrected chi connectivity index (χ4v) is 2.96. The summed E-state index contributed by atoms with van der Waals surface area (Å²) in [7, 11) is 3.26. The third-order valence-corrected chi connectivity index (χ3v) is 4.33. The number of nitrogens with one attached hydrogen (secondary N) is 1. The lowest BCUT2D eigenvalue weighted by Crippen LogP contribution is -2.21. The molecule has 0 spiro atoms. The molecule has 0 radical (unpaired) electrons. The van der Waals surface area contributed by atoms with Gasteiger partial charge in [-0.15, -0.1) is 24.8 Å². The standard InChI is InChI=1S/C16H15N9O2.2ClH/c1-22-11(25(26)27)7-19-16(22)13-12-14(17)24(8-10-3-5-18-6-4-10)9-20-15(12)23(2)21-13;;/h3-7,9,17H,8H2,1-2H3;2*1H. The summed E-state index contributed by atoms with van der Waals surface area (Å²) in [5.41, 5.74) is 2.06. The topological polar surface area (TPSA) is 133 Å². The summed E-state index contributed by atoms with van der Waals surface area (Å²) in [5.74, 6) is 0.160. The molecule has 4 rings (SSSR count). The van der Waals surface area contributed by atoms with Crippen molar-refractivity contribution >= 4 is 41.7 Å². The molecule has 0 fully saturated rings. The van der Waals surface area contributed by atoms with Crippen molar-refractivity contribution in [2.75, 3.05) is 0 Å². The molecule has 11 nitrogen and oxygen atoms in total. The minimum absolute atomic E-state index is 0. The van der Waals surface area contributed by atoms with Crippen LogP contribution < -0.4 is 5.49 Å². The SMILES string of the molecule is Cl.Cl.Cn1c([N+](=O)[O-])cnc1-c1nn(C)c2ncn(Cc3ccncc3)c(=N)c12. The number of halogens is 2. The first-order valence-electron chi connectivity index (χ1n) is 7.99. The maximum absolute atomic E-state index is 11.1. The molecule has 0 bridgehead atoms. The zero-order chi connectivity index (χ0) is 19.1. The number of nitro groups is 1. The van der Waals surface area contributed by atoms with Gasteiger partial charge in [0.15, 0.2) is 11.3 Å². The molecular formula is C16H17Cl2N9O2. The van der Waals surface area contributed by atoms with E-state index in [1.54, 1.807) is 42.1 Å². The number of aryl methyl sites for hydroxylation is 1. The van der Waals surface area contributed by atoms with Crippen LogP contribution in [0.25, 0.3) is 22.6 Å². The van der Waals surface area contributed by atoms with Crippen LogP contribution in [0.5, 0.6) is 0 Å². The molecule has 0 saturated carbocycles. The Morgan fingerprint density at radius 3 is 2.48 bits per heavy atom. The van der Waals surface area contributed by atoms with Crippen molar-refractivity contribution in [3.8, 4) is 11.5 Å². The van der Waals surface area contributed by atoms with Crippen molar-refractivity contribution in [1.29, 1.82) is 5.41 Å². The van der Waals surface area contributed by atoms with E-state index >= 15 is 0 Å². The van der Waals surface area contributed by atoms with Crippen molar-refractivity contribution in [1.82, 2.24) is 33.9 Å². The molecule has 0 unspecified atom stereocenters. The van der Waals surface area contributed by atoms with Gasteiger partial charge < -0.3 is 14.7 Å². The van der Waals surface area contributed by atoms with Crippen LogP contribution in [0.2, 0.25) is 0 Å². The Kier molecular flexibility index (Phi) is 6.34. The van der Waals surface area contributed by atoms with Gasteiger partial charge in [-0.3, -0.25) is 10.4 Å². The third kappa shape index (κ3) is 3.69. The highest BCUT2D eigenvalue weighted by molar-refractivity contribution is 5.88. The van der Waals surface area contributed by atoms with Crippen LogP contribution in [0.1, 0.15) is 5.56 Å². The highest BCUT2D eigenvalue weighted by Crippen LogP contribution is 2.25. The van der Waals surface area contributed by atoms with Crippen LogP contribution >= 0.6 is 24.8 Å². The first-order valence-corrected chi connectivity index (χ1v) is 7.99. The summed E-state index contributed by atoms with van der Waals surface area (Å²) in [4.78, 5) is 23.2. The molecule has 4 aromatic heterocycles. The van der Waals surface area contributed by atoms with Gasteiger partial charge in [0.1, 0.15) is 11.7 Å². The van der Waals surface area contributed by atoms with E-state index in [1.165, 1.54) is 10.8 Å². The first kappa shape index (κ1) is 22.0. The summed E-state index contributed by atoms with van der Waals surface area (Å²) in [6.45, 7) is 0.444. The van der Waals surface area contributed by atoms with Crippen LogP contribution in [-0.4, -0.2) is 38.8 Å². The molecule has 4 aromatic rings. The molecule has 0 saturated heterocycles. The molecule has 29 heavy (non-hydrogen) atoms. The summed E-state index contributed by atoms with van der Waals surface area (Å²) in [6, 6.07) is 3.73. The van der Waals surface area contributed by atoms with Crippen molar-refractivity contribution in [2.45, 2.75) is 6.54 Å². The lowest BCUT2D eigenvalue weighted by atomic mass is 10.2. The van der Waals surface area contributed by atoms with E-state index in [0.29, 0.717) is 29.1 Å². The molecular weight excluding hydrogens is 421 g/mol. The zero-order valence-electron chi connectivity index (χ0n) is 15.4. The minimum atomic E-state index is -0.509. The van der Waals surface area contributed by atoms with Gasteiger partial charge in [0.2, 0.25) is 5.82 Å². The average Bonchev–Trinajstić information content (AvgIpc) is 3.19. The van der Waals surface area contributed by atoms with Crippen molar-refractivity contribution in [3.63, 3.8) is 0 Å². The van der Waals surface area contributed by atoms with Crippen LogP contribution in [0, 0.1) is 15.5 Å². The number of hydrogen-bond acceptors (Lipinski definition) is 7. The molecule has 0 aromatic carbocycles. The Balaban J connectivity index is 0.00000150. The van der Waals surface area contributed by atoms with Gasteiger partial charge in [-0.1, -0.05) is 0 Å². The molecule has 13 heteroatoms. The van der Waals surface area contributed by atoms with Crippen LogP contribution in [0.4, 0.5) is 5.82 Å². The monoisotopic (exact) mass is 437 g/mol. The summed E-state index contributed by atoms with van der Waals surface area (Å²) in [6.07, 6.45) is 6.14. The Morgan fingerprint density at radius 1 is 1.17 bits per heavy atom. The second kappa shape index (κ2) is 8.37. The smallest absolute Gasteiger partial charge is 0.342 e. The van der Waals surface area contributed by atoms with E-state index in [2.05, 4.69) is 20.1 Å². The van der Waals surface area contributed by atoms with E-state index in [1.807, 2.05) is 12.1 Å². The zero-order valence-corrected chi connectivity index (χ0v) is 17.0. The maximum Gasteiger partial charge on any atom is 0.342 e. The lowest BCUT2D eigenvalue weighted by Gasteiger charge is -2.07. The highest BCUT2D eigenvalue weighted by atomic mass is 35.5. The number of rotatable bonds is 4. The number of nitrogens with zero attached hydrogens (tertiary/aromatic N) is 8. The normalized spacial score (nSPS) is 10.4. The number of hydrogen-bond donors (Lipinski definition) is 1. The highest BCUT2D eigenvalue weighted by Gasteiger charge is 2.24. The van der Waals surface area contributed by atoms with Crippen LogP contribution in [0.3, 0.4) is 0 Å². The molecule has 0 amide bonds. The van der Waals surface area contributed by atoms with E-state index in [4.69, 9.17) is 5.41 Å². The Bertz CT molecular complexity index is 1230. The minimum Gasteiger partial charge on any atom is -0.358 e. The number of pyridine rings is 1. The van der Waals surface area contributed by atoms with Crippen molar-refractivity contribution in [2.24, 2.45) is 14.1 Å². The first-order chi connectivity index (χ1) is 13.0. The Hall–Kier alpha value is -3.31. The average molecular weight is 438 g/mol. The summed E-state index contributed by atoms with van der Waals surface area (Å²) >= 11 is 0. The largest absolute Gasteiger partial charge is 0.358 e. The van der Waals surface area contributed by atoms with Crippen molar-refractivity contribution in [3.05, 3.63) is 58.2 Å². The van der Waals surface area contributed by atoms with Crippen LogP contribution in [0.15, 0.2) is 37.1 Å². The number of fused-ring (bicyclic) bond motifs is 1. The number of imidazole rings is 1. The fraction of sp³-hybridized carbons (Fsp3) is 0.188. The predicted octanol–water partition coefficient (Wildman–Crippen LogP) is 1.84. The van der Waals surface area contributed by atoms with Gasteiger partial charge in [-0.05, 0) is 22.6 Å². The van der Waals surface area contributed by atoms with Gasteiger partial charge in [0.05, 0.1) is 25.3 Å². The molecule has 0 aliphatic heterocycles. The number of aromatic nitrogens is 7. The molecule has 0 atom stereocenters. The lowest BCUT2D eigenvalue weighted by molar-refractivity contribution is -0.391. The molecule has 4 heterocycles. The van der Waals surface area contributed by atoms with Crippen molar-refractivity contribution < 1.29 is 4.92 Å². The second-order valence-corrected chi connectivity index (χ2v) is 6.00. The second-order valence-electron chi connectivity index (χ2n) is 6.00. The molecule has 0 aliphatic rings. The Labute approximate surface area is 176 Å². The molecule has 152 valence electrons. The fourth-order valence-electron chi connectivity index (χ4n) is 2.96. The van der Waals surface area contributed by atoms with Gasteiger partial charge in [-0.2, -0.15) is 5.10 Å². The van der Waals surface area contributed by atoms with Crippen LogP contribution in [-0.2, 0) is 20.6 Å². The molecule has 0 aliphatic carbocycles. The molecule has 1 N–H and O–H groups in total. The summed E-state index contributed by atoms with van der Waals surface area (Å²) < 4.78 is 4.57. The van der Waals surface area contributed by atoms with E-state index in [9.17, 15) is 10.1 Å². The maximum atomic E-state index is 11.1. The van der Waals surface area contributed by atoms with Gasteiger partial charge in [0, 0.05) is 19.4 Å². The van der Waals surface area contributed by atoms with E-state index < -0.39 is 4.92 Å². The third-order valence-electron chi connectivity index (χ3n) is 4.33. The van der Waals surface area contributed by atoms with E-state index in [0.717, 1.165) is 5.56 Å². The Morgan fingerprint density at radius 2 is 1.86 bits per heavy atom. The van der Waals surface area contributed by atoms with E-state index in [-0.39, 0.29) is 36.1 Å². The van der Waals surface area contributed by atoms with Gasteiger partial charge >= 0.3 is 5.82 Å².